The Balaban J connectivity index is 1.75. The van der Waals surface area contributed by atoms with Crippen molar-refractivity contribution >= 4 is 6.03 Å². The zero-order chi connectivity index (χ0) is 14.4. The number of nitrogens with one attached hydrogen (secondary N) is 2. The molecule has 0 aromatic heterocycles. The smallest absolute Gasteiger partial charge is 0.315 e. The minimum atomic E-state index is -0.728. The summed E-state index contributed by atoms with van der Waals surface area (Å²) in [7, 11) is 1.59. The first kappa shape index (κ1) is 14.4. The van der Waals surface area contributed by atoms with Crippen LogP contribution in [0.4, 0.5) is 4.79 Å². The summed E-state index contributed by atoms with van der Waals surface area (Å²) in [6.07, 6.45) is 5.12. The summed E-state index contributed by atoms with van der Waals surface area (Å²) < 4.78 is 5.05. The van der Waals surface area contributed by atoms with Crippen LogP contribution in [-0.4, -0.2) is 30.8 Å². The average Bonchev–Trinajstić information content (AvgIpc) is 2.97. The fourth-order valence-corrected chi connectivity index (χ4v) is 2.10. The lowest BCUT2D eigenvalue weighted by Gasteiger charge is -2.16. The summed E-state index contributed by atoms with van der Waals surface area (Å²) in [6.45, 7) is 0.179. The summed E-state index contributed by atoms with van der Waals surface area (Å²) in [5, 5.41) is 15.5. The fraction of sp³-hybridized carbons (Fsp3) is 0.400. The molecule has 0 radical (unpaired) electrons. The summed E-state index contributed by atoms with van der Waals surface area (Å²) in [6, 6.07) is 7.05. The highest BCUT2D eigenvalue weighted by atomic mass is 16.5. The molecule has 108 valence electrons. The molecule has 0 spiro atoms. The lowest BCUT2D eigenvalue weighted by molar-refractivity contribution is 0.172. The number of rotatable bonds is 5. The van der Waals surface area contributed by atoms with Crippen LogP contribution in [0.15, 0.2) is 36.4 Å². The van der Waals surface area contributed by atoms with E-state index in [4.69, 9.17) is 4.74 Å². The monoisotopic (exact) mass is 276 g/mol. The molecule has 0 aliphatic heterocycles. The highest BCUT2D eigenvalue weighted by Crippen LogP contribution is 2.17. The van der Waals surface area contributed by atoms with E-state index >= 15 is 0 Å². The van der Waals surface area contributed by atoms with Gasteiger partial charge in [0.15, 0.2) is 0 Å². The molecule has 2 amide bonds. The van der Waals surface area contributed by atoms with Crippen molar-refractivity contribution in [3.05, 3.63) is 42.0 Å². The largest absolute Gasteiger partial charge is 0.497 e. The van der Waals surface area contributed by atoms with E-state index in [1.54, 1.807) is 31.4 Å². The van der Waals surface area contributed by atoms with Crippen molar-refractivity contribution in [1.29, 1.82) is 0 Å². The Morgan fingerprint density at radius 3 is 2.60 bits per heavy atom. The number of aliphatic hydroxyl groups excluding tert-OH is 1. The molecule has 0 fully saturated rings. The second-order valence-electron chi connectivity index (χ2n) is 4.78. The number of carbonyl (C=O) groups excluding carboxylic acids is 1. The summed E-state index contributed by atoms with van der Waals surface area (Å²) in [5.74, 6) is 0.736. The molecule has 0 bridgehead atoms. The van der Waals surface area contributed by atoms with E-state index in [2.05, 4.69) is 22.8 Å². The van der Waals surface area contributed by atoms with Crippen LogP contribution in [-0.2, 0) is 0 Å². The van der Waals surface area contributed by atoms with Crippen LogP contribution in [0, 0.1) is 0 Å². The van der Waals surface area contributed by atoms with E-state index in [9.17, 15) is 9.90 Å². The van der Waals surface area contributed by atoms with Gasteiger partial charge in [-0.1, -0.05) is 24.3 Å². The van der Waals surface area contributed by atoms with Gasteiger partial charge in [-0.15, -0.1) is 0 Å². The topological polar surface area (TPSA) is 70.6 Å². The van der Waals surface area contributed by atoms with Crippen LogP contribution in [0.3, 0.4) is 0 Å². The molecule has 0 saturated carbocycles. The van der Waals surface area contributed by atoms with E-state index in [-0.39, 0.29) is 18.6 Å². The second-order valence-corrected chi connectivity index (χ2v) is 4.78. The molecule has 0 heterocycles. The van der Waals surface area contributed by atoms with Crippen molar-refractivity contribution in [3.8, 4) is 5.75 Å². The van der Waals surface area contributed by atoms with Gasteiger partial charge in [0.25, 0.3) is 0 Å². The number of hydrogen-bond donors (Lipinski definition) is 3. The maximum atomic E-state index is 11.7. The minimum absolute atomic E-state index is 0.174. The number of methoxy groups -OCH3 is 1. The quantitative estimate of drug-likeness (QED) is 0.717. The third-order valence-electron chi connectivity index (χ3n) is 3.30. The van der Waals surface area contributed by atoms with Crippen molar-refractivity contribution in [2.75, 3.05) is 13.7 Å². The van der Waals surface area contributed by atoms with Gasteiger partial charge in [-0.3, -0.25) is 0 Å². The summed E-state index contributed by atoms with van der Waals surface area (Å²) in [4.78, 5) is 11.7. The van der Waals surface area contributed by atoms with Gasteiger partial charge in [0.2, 0.25) is 0 Å². The molecule has 1 atom stereocenters. The van der Waals surface area contributed by atoms with Gasteiger partial charge in [-0.2, -0.15) is 0 Å². The van der Waals surface area contributed by atoms with Crippen molar-refractivity contribution in [2.24, 2.45) is 0 Å². The molecule has 1 aliphatic carbocycles. The van der Waals surface area contributed by atoms with Crippen LogP contribution in [0.2, 0.25) is 0 Å². The molecule has 1 aromatic carbocycles. The van der Waals surface area contributed by atoms with Crippen LogP contribution < -0.4 is 15.4 Å². The standard InChI is InChI=1S/C15H20N2O3/c1-20-13-8-6-11(7-9-13)14(18)10-16-15(19)17-12-4-2-3-5-12/h2-3,6-9,12,14,18H,4-5,10H2,1H3,(H2,16,17,19). The van der Waals surface area contributed by atoms with Gasteiger partial charge in [0.05, 0.1) is 13.2 Å². The van der Waals surface area contributed by atoms with Crippen LogP contribution in [0.5, 0.6) is 5.75 Å². The zero-order valence-corrected chi connectivity index (χ0v) is 11.5. The molecule has 1 unspecified atom stereocenters. The summed E-state index contributed by atoms with van der Waals surface area (Å²) in [5.41, 5.74) is 0.744. The van der Waals surface area contributed by atoms with Crippen molar-refractivity contribution in [1.82, 2.24) is 10.6 Å². The van der Waals surface area contributed by atoms with Gasteiger partial charge in [0, 0.05) is 12.6 Å². The molecule has 5 nitrogen and oxygen atoms in total. The Morgan fingerprint density at radius 1 is 1.35 bits per heavy atom. The molecule has 2 rings (SSSR count). The number of ether oxygens (including phenoxy) is 1. The Kier molecular flexibility index (Phi) is 5.01. The molecule has 0 saturated heterocycles. The minimum Gasteiger partial charge on any atom is -0.497 e. The SMILES string of the molecule is COc1ccc(C(O)CNC(=O)NC2CC=CC2)cc1. The molecule has 1 aromatic rings. The molecular weight excluding hydrogens is 256 g/mol. The van der Waals surface area contributed by atoms with Gasteiger partial charge in [-0.25, -0.2) is 4.79 Å². The van der Waals surface area contributed by atoms with E-state index in [1.165, 1.54) is 0 Å². The average molecular weight is 276 g/mol. The number of amides is 2. The van der Waals surface area contributed by atoms with Gasteiger partial charge < -0.3 is 20.5 Å². The number of benzene rings is 1. The number of urea groups is 1. The van der Waals surface area contributed by atoms with Crippen LogP contribution in [0.1, 0.15) is 24.5 Å². The number of carbonyl (C=O) groups is 1. The van der Waals surface area contributed by atoms with Crippen molar-refractivity contribution in [2.45, 2.75) is 25.0 Å². The first-order chi connectivity index (χ1) is 9.69. The van der Waals surface area contributed by atoms with E-state index in [0.29, 0.717) is 0 Å². The molecule has 3 N–H and O–H groups in total. The predicted octanol–water partition coefficient (Wildman–Crippen LogP) is 1.75. The van der Waals surface area contributed by atoms with Gasteiger partial charge >= 0.3 is 6.03 Å². The van der Waals surface area contributed by atoms with E-state index in [1.807, 2.05) is 0 Å². The first-order valence-electron chi connectivity index (χ1n) is 6.70. The number of hydrogen-bond acceptors (Lipinski definition) is 3. The van der Waals surface area contributed by atoms with Crippen molar-refractivity contribution < 1.29 is 14.6 Å². The van der Waals surface area contributed by atoms with Crippen LogP contribution in [0.25, 0.3) is 0 Å². The predicted molar refractivity (Wildman–Crippen MR) is 76.7 cm³/mol. The Morgan fingerprint density at radius 2 is 2.00 bits per heavy atom. The summed E-state index contributed by atoms with van der Waals surface area (Å²) >= 11 is 0. The fourth-order valence-electron chi connectivity index (χ4n) is 2.10. The highest BCUT2D eigenvalue weighted by molar-refractivity contribution is 5.74. The van der Waals surface area contributed by atoms with Gasteiger partial charge in [0.1, 0.15) is 5.75 Å². The number of aliphatic hydroxyl groups is 1. The molecular formula is C15H20N2O3. The van der Waals surface area contributed by atoms with E-state index < -0.39 is 6.10 Å². The zero-order valence-electron chi connectivity index (χ0n) is 11.5. The highest BCUT2D eigenvalue weighted by Gasteiger charge is 2.14. The van der Waals surface area contributed by atoms with Crippen LogP contribution >= 0.6 is 0 Å². The molecule has 1 aliphatic rings. The lowest BCUT2D eigenvalue weighted by Crippen LogP contribution is -2.42. The normalized spacial score (nSPS) is 15.9. The Bertz CT molecular complexity index is 463. The third kappa shape index (κ3) is 3.99. The van der Waals surface area contributed by atoms with E-state index in [0.717, 1.165) is 24.2 Å². The Hall–Kier alpha value is -2.01. The third-order valence-corrected chi connectivity index (χ3v) is 3.30. The second kappa shape index (κ2) is 6.96. The Labute approximate surface area is 118 Å². The first-order valence-corrected chi connectivity index (χ1v) is 6.70. The van der Waals surface area contributed by atoms with Crippen molar-refractivity contribution in [3.63, 3.8) is 0 Å². The molecule has 5 heteroatoms. The molecule has 20 heavy (non-hydrogen) atoms. The maximum absolute atomic E-state index is 11.7. The van der Waals surface area contributed by atoms with Gasteiger partial charge in [-0.05, 0) is 30.5 Å². The maximum Gasteiger partial charge on any atom is 0.315 e. The lowest BCUT2D eigenvalue weighted by atomic mass is 10.1.